The SMILES string of the molecule is CN=C(NCCOc1c(Cl)cc(Cl)cc1Cl)N(C)C. The Balaban J connectivity index is 2.51. The molecule has 0 radical (unpaired) electrons. The van der Waals surface area contributed by atoms with Gasteiger partial charge in [-0.2, -0.15) is 0 Å². The van der Waals surface area contributed by atoms with Gasteiger partial charge < -0.3 is 15.0 Å². The molecule has 0 aliphatic carbocycles. The zero-order valence-electron chi connectivity index (χ0n) is 11.0. The predicted molar refractivity (Wildman–Crippen MR) is 82.0 cm³/mol. The lowest BCUT2D eigenvalue weighted by Gasteiger charge is -2.17. The van der Waals surface area contributed by atoms with Crippen LogP contribution in [-0.4, -0.2) is 45.2 Å². The van der Waals surface area contributed by atoms with E-state index in [1.807, 2.05) is 19.0 Å². The van der Waals surface area contributed by atoms with Crippen molar-refractivity contribution >= 4 is 40.8 Å². The van der Waals surface area contributed by atoms with Crippen molar-refractivity contribution in [3.8, 4) is 5.75 Å². The van der Waals surface area contributed by atoms with Gasteiger partial charge in [-0.05, 0) is 12.1 Å². The van der Waals surface area contributed by atoms with Crippen molar-refractivity contribution in [3.63, 3.8) is 0 Å². The Bertz CT molecular complexity index is 441. The highest BCUT2D eigenvalue weighted by atomic mass is 35.5. The van der Waals surface area contributed by atoms with Gasteiger partial charge in [0.15, 0.2) is 11.7 Å². The fourth-order valence-corrected chi connectivity index (χ4v) is 2.35. The van der Waals surface area contributed by atoms with Crippen LogP contribution in [0.2, 0.25) is 15.1 Å². The minimum atomic E-state index is 0.398. The number of halogens is 3. The van der Waals surface area contributed by atoms with Gasteiger partial charge in [0.2, 0.25) is 0 Å². The predicted octanol–water partition coefficient (Wildman–Crippen LogP) is 3.16. The fourth-order valence-electron chi connectivity index (χ4n) is 1.42. The van der Waals surface area contributed by atoms with Crippen LogP contribution in [0.1, 0.15) is 0 Å². The Morgan fingerprint density at radius 2 is 1.84 bits per heavy atom. The second-order valence-electron chi connectivity index (χ2n) is 3.92. The van der Waals surface area contributed by atoms with Gasteiger partial charge >= 0.3 is 0 Å². The van der Waals surface area contributed by atoms with E-state index in [1.54, 1.807) is 19.2 Å². The molecule has 0 bridgehead atoms. The van der Waals surface area contributed by atoms with Crippen LogP contribution < -0.4 is 10.1 Å². The molecule has 19 heavy (non-hydrogen) atoms. The minimum absolute atomic E-state index is 0.398. The highest BCUT2D eigenvalue weighted by molar-refractivity contribution is 6.40. The lowest BCUT2D eigenvalue weighted by molar-refractivity contribution is 0.321. The van der Waals surface area contributed by atoms with Crippen molar-refractivity contribution in [3.05, 3.63) is 27.2 Å². The molecule has 0 saturated heterocycles. The highest BCUT2D eigenvalue weighted by Crippen LogP contribution is 2.35. The normalized spacial score (nSPS) is 11.4. The molecule has 0 aliphatic rings. The third kappa shape index (κ3) is 4.97. The van der Waals surface area contributed by atoms with Gasteiger partial charge in [-0.25, -0.2) is 0 Å². The molecule has 0 aromatic heterocycles. The van der Waals surface area contributed by atoms with E-state index in [1.165, 1.54) is 0 Å². The Hall–Kier alpha value is -0.840. The van der Waals surface area contributed by atoms with Gasteiger partial charge in [-0.3, -0.25) is 4.99 Å². The quantitative estimate of drug-likeness (QED) is 0.525. The number of ether oxygens (including phenoxy) is 1. The van der Waals surface area contributed by atoms with Crippen molar-refractivity contribution in [1.29, 1.82) is 0 Å². The third-order valence-corrected chi connectivity index (χ3v) is 3.01. The zero-order valence-corrected chi connectivity index (χ0v) is 13.3. The summed E-state index contributed by atoms with van der Waals surface area (Å²) in [5.74, 6) is 1.21. The van der Waals surface area contributed by atoms with Crippen LogP contribution in [0.3, 0.4) is 0 Å². The van der Waals surface area contributed by atoms with E-state index in [0.29, 0.717) is 34.0 Å². The summed E-state index contributed by atoms with van der Waals surface area (Å²) in [4.78, 5) is 5.96. The van der Waals surface area contributed by atoms with E-state index < -0.39 is 0 Å². The first-order valence-electron chi connectivity index (χ1n) is 5.61. The van der Waals surface area contributed by atoms with E-state index in [4.69, 9.17) is 39.5 Å². The van der Waals surface area contributed by atoms with Crippen LogP contribution in [-0.2, 0) is 0 Å². The Morgan fingerprint density at radius 3 is 2.32 bits per heavy atom. The molecule has 0 atom stereocenters. The first-order chi connectivity index (χ1) is 8.95. The third-order valence-electron chi connectivity index (χ3n) is 2.23. The Kier molecular flexibility index (Phi) is 6.55. The molecular weight excluding hydrogens is 309 g/mol. The zero-order chi connectivity index (χ0) is 14.4. The van der Waals surface area contributed by atoms with Gasteiger partial charge in [-0.15, -0.1) is 0 Å². The van der Waals surface area contributed by atoms with E-state index in [9.17, 15) is 0 Å². The van der Waals surface area contributed by atoms with E-state index in [0.717, 1.165) is 5.96 Å². The molecular formula is C12H16Cl3N3O. The van der Waals surface area contributed by atoms with Crippen molar-refractivity contribution in [1.82, 2.24) is 10.2 Å². The summed E-state index contributed by atoms with van der Waals surface area (Å²) in [6.07, 6.45) is 0. The van der Waals surface area contributed by atoms with Gasteiger partial charge in [-0.1, -0.05) is 34.8 Å². The van der Waals surface area contributed by atoms with Gasteiger partial charge in [0, 0.05) is 26.2 Å². The molecule has 0 aliphatic heterocycles. The van der Waals surface area contributed by atoms with Gasteiger partial charge in [0.05, 0.1) is 16.6 Å². The molecule has 106 valence electrons. The molecule has 1 rings (SSSR count). The van der Waals surface area contributed by atoms with Crippen LogP contribution in [0.5, 0.6) is 5.75 Å². The average Bonchev–Trinajstić information content (AvgIpc) is 2.31. The summed E-state index contributed by atoms with van der Waals surface area (Å²) in [7, 11) is 5.53. The summed E-state index contributed by atoms with van der Waals surface area (Å²) in [6.45, 7) is 0.994. The summed E-state index contributed by atoms with van der Waals surface area (Å²) >= 11 is 17.8. The van der Waals surface area contributed by atoms with Crippen LogP contribution in [0.15, 0.2) is 17.1 Å². The first-order valence-corrected chi connectivity index (χ1v) is 6.74. The van der Waals surface area contributed by atoms with E-state index >= 15 is 0 Å². The number of nitrogens with zero attached hydrogens (tertiary/aromatic N) is 2. The first kappa shape index (κ1) is 16.2. The summed E-state index contributed by atoms with van der Waals surface area (Å²) in [6, 6.07) is 3.19. The lowest BCUT2D eigenvalue weighted by Crippen LogP contribution is -2.38. The Labute approximate surface area is 128 Å². The second-order valence-corrected chi connectivity index (χ2v) is 5.17. The molecule has 1 aromatic rings. The molecule has 0 saturated carbocycles. The fraction of sp³-hybridized carbons (Fsp3) is 0.417. The minimum Gasteiger partial charge on any atom is -0.489 e. The van der Waals surface area contributed by atoms with E-state index in [2.05, 4.69) is 10.3 Å². The number of benzene rings is 1. The number of aliphatic imine (C=N–C) groups is 1. The molecule has 0 fully saturated rings. The monoisotopic (exact) mass is 323 g/mol. The average molecular weight is 325 g/mol. The van der Waals surface area contributed by atoms with Crippen molar-refractivity contribution in [2.24, 2.45) is 4.99 Å². The van der Waals surface area contributed by atoms with Gasteiger partial charge in [0.1, 0.15) is 6.61 Å². The summed E-state index contributed by atoms with van der Waals surface area (Å²) in [5, 5.41) is 4.40. The van der Waals surface area contributed by atoms with Crippen molar-refractivity contribution in [2.45, 2.75) is 0 Å². The molecule has 1 N–H and O–H groups in total. The number of nitrogens with one attached hydrogen (secondary N) is 1. The maximum Gasteiger partial charge on any atom is 0.193 e. The Morgan fingerprint density at radius 1 is 1.26 bits per heavy atom. The second kappa shape index (κ2) is 7.68. The molecule has 0 heterocycles. The standard InChI is InChI=1S/C12H16Cl3N3O/c1-16-12(18(2)3)17-4-5-19-11-9(14)6-8(13)7-10(11)15/h6-7H,4-5H2,1-3H3,(H,16,17). The largest absolute Gasteiger partial charge is 0.489 e. The number of rotatable bonds is 4. The van der Waals surface area contributed by atoms with E-state index in [-0.39, 0.29) is 0 Å². The lowest BCUT2D eigenvalue weighted by atomic mass is 10.3. The van der Waals surface area contributed by atoms with Crippen LogP contribution in [0, 0.1) is 0 Å². The van der Waals surface area contributed by atoms with Crippen LogP contribution in [0.25, 0.3) is 0 Å². The molecule has 1 aromatic carbocycles. The maximum atomic E-state index is 6.01. The molecule has 0 amide bonds. The summed E-state index contributed by atoms with van der Waals surface area (Å²) in [5.41, 5.74) is 0. The molecule has 4 nitrogen and oxygen atoms in total. The number of hydrogen-bond donors (Lipinski definition) is 1. The molecule has 0 unspecified atom stereocenters. The van der Waals surface area contributed by atoms with Crippen LogP contribution in [0.4, 0.5) is 0 Å². The smallest absolute Gasteiger partial charge is 0.193 e. The summed E-state index contributed by atoms with van der Waals surface area (Å²) < 4.78 is 5.54. The van der Waals surface area contributed by atoms with Crippen LogP contribution >= 0.6 is 34.8 Å². The molecule has 0 spiro atoms. The van der Waals surface area contributed by atoms with Crippen molar-refractivity contribution < 1.29 is 4.74 Å². The van der Waals surface area contributed by atoms with Gasteiger partial charge in [0.25, 0.3) is 0 Å². The maximum absolute atomic E-state index is 6.01. The van der Waals surface area contributed by atoms with Crippen molar-refractivity contribution in [2.75, 3.05) is 34.3 Å². The number of hydrogen-bond acceptors (Lipinski definition) is 2. The number of guanidine groups is 1. The topological polar surface area (TPSA) is 36.9 Å². The highest BCUT2D eigenvalue weighted by Gasteiger charge is 2.09. The molecule has 7 heteroatoms.